The minimum absolute atomic E-state index is 0.132. The van der Waals surface area contributed by atoms with E-state index in [1.165, 1.54) is 18.9 Å². The van der Waals surface area contributed by atoms with Gasteiger partial charge in [0.25, 0.3) is 5.91 Å². The van der Waals surface area contributed by atoms with Crippen LogP contribution in [0.4, 0.5) is 11.8 Å². The standard InChI is InChI=1S/C36H45N7O7S/c1-5-27-33(50-25(3)39-27)35(46)41-36-40-28-20-26(23-44)21-29(49-15-8-11-42-13-16-48-17-14-42)32(28)43(36)12-7-6-10-37-34-30(19-24(2)22-38-34)51-18-9-31(45)47-4/h6-7,19-23H,5,8-18H2,1-4H3,(H,37,38)(H,40,41,46)/b7-6+. The van der Waals surface area contributed by atoms with Gasteiger partial charge in [0.1, 0.15) is 23.4 Å². The minimum Gasteiger partial charge on any atom is -0.491 e. The molecule has 2 N–H and O–H groups in total. The molecule has 1 aromatic carbocycles. The van der Waals surface area contributed by atoms with Crippen molar-refractivity contribution in [1.29, 1.82) is 0 Å². The highest BCUT2D eigenvalue weighted by Gasteiger charge is 2.23. The predicted molar refractivity (Wildman–Crippen MR) is 195 cm³/mol. The lowest BCUT2D eigenvalue weighted by Crippen LogP contribution is -2.37. The van der Waals surface area contributed by atoms with Gasteiger partial charge < -0.3 is 28.5 Å². The van der Waals surface area contributed by atoms with Gasteiger partial charge in [0.2, 0.25) is 11.7 Å². The number of pyridine rings is 1. The molecule has 1 amide bonds. The van der Waals surface area contributed by atoms with Gasteiger partial charge in [-0.05, 0) is 43.5 Å². The fourth-order valence-corrected chi connectivity index (χ4v) is 6.61. The molecule has 15 heteroatoms. The summed E-state index contributed by atoms with van der Waals surface area (Å²) in [5.41, 5.74) is 3.14. The van der Waals surface area contributed by atoms with Gasteiger partial charge in [0.05, 0.1) is 44.6 Å². The molecule has 4 heterocycles. The molecule has 1 saturated heterocycles. The van der Waals surface area contributed by atoms with Crippen LogP contribution < -0.4 is 15.4 Å². The van der Waals surface area contributed by atoms with Crippen LogP contribution in [0.15, 0.2) is 45.9 Å². The number of aryl methyl sites for hydroxylation is 3. The summed E-state index contributed by atoms with van der Waals surface area (Å²) in [7, 11) is 1.38. The summed E-state index contributed by atoms with van der Waals surface area (Å²) in [5.74, 6) is 1.86. The monoisotopic (exact) mass is 719 g/mol. The Labute approximate surface area is 301 Å². The number of esters is 1. The van der Waals surface area contributed by atoms with Gasteiger partial charge in [-0.3, -0.25) is 24.6 Å². The summed E-state index contributed by atoms with van der Waals surface area (Å²) in [6, 6.07) is 5.42. The van der Waals surface area contributed by atoms with Crippen LogP contribution >= 0.6 is 11.8 Å². The number of carbonyl (C=O) groups excluding carboxylic acids is 3. The van der Waals surface area contributed by atoms with Crippen molar-refractivity contribution in [2.45, 2.75) is 51.5 Å². The minimum atomic E-state index is -0.471. The Bertz CT molecular complexity index is 1850. The Morgan fingerprint density at radius 3 is 2.71 bits per heavy atom. The van der Waals surface area contributed by atoms with Crippen LogP contribution in [0.2, 0.25) is 0 Å². The molecule has 0 aliphatic carbocycles. The maximum Gasteiger partial charge on any atom is 0.306 e. The number of aromatic nitrogens is 4. The lowest BCUT2D eigenvalue weighted by atomic mass is 10.2. The van der Waals surface area contributed by atoms with E-state index in [-0.39, 0.29) is 17.7 Å². The van der Waals surface area contributed by atoms with E-state index >= 15 is 0 Å². The van der Waals surface area contributed by atoms with Crippen LogP contribution in [0.1, 0.15) is 57.8 Å². The number of imidazole rings is 1. The first-order valence-corrected chi connectivity index (χ1v) is 18.0. The number of methoxy groups -OCH3 is 1. The number of morpholine rings is 1. The zero-order chi connectivity index (χ0) is 36.2. The number of amides is 1. The van der Waals surface area contributed by atoms with E-state index in [1.54, 1.807) is 25.3 Å². The Hall–Kier alpha value is -4.73. The number of nitrogens with zero attached hydrogens (tertiary/aromatic N) is 5. The molecule has 0 unspecified atom stereocenters. The lowest BCUT2D eigenvalue weighted by molar-refractivity contribution is -0.140. The Kier molecular flexibility index (Phi) is 13.6. The van der Waals surface area contributed by atoms with Crippen molar-refractivity contribution in [3.05, 3.63) is 65.0 Å². The van der Waals surface area contributed by atoms with E-state index in [0.717, 1.165) is 56.0 Å². The Morgan fingerprint density at radius 1 is 1.12 bits per heavy atom. The third-order valence-electron chi connectivity index (χ3n) is 8.14. The average molecular weight is 720 g/mol. The van der Waals surface area contributed by atoms with Gasteiger partial charge in [-0.1, -0.05) is 19.1 Å². The number of aldehydes is 1. The second-order valence-electron chi connectivity index (χ2n) is 11.9. The summed E-state index contributed by atoms with van der Waals surface area (Å²) >= 11 is 1.54. The molecule has 0 radical (unpaired) electrons. The van der Waals surface area contributed by atoms with Crippen molar-refractivity contribution in [2.75, 3.05) is 69.5 Å². The molecule has 51 heavy (non-hydrogen) atoms. The quantitative estimate of drug-likeness (QED) is 0.0460. The number of hydrogen-bond acceptors (Lipinski definition) is 13. The number of nitrogens with one attached hydrogen (secondary N) is 2. The van der Waals surface area contributed by atoms with Crippen LogP contribution in [-0.4, -0.2) is 101 Å². The van der Waals surface area contributed by atoms with E-state index in [2.05, 4.69) is 25.5 Å². The topological polar surface area (TPSA) is 163 Å². The van der Waals surface area contributed by atoms with Crippen molar-refractivity contribution < 1.29 is 33.0 Å². The van der Waals surface area contributed by atoms with Crippen molar-refractivity contribution >= 4 is 52.7 Å². The second kappa shape index (κ2) is 18.5. The first-order chi connectivity index (χ1) is 24.8. The fourth-order valence-electron chi connectivity index (χ4n) is 5.59. The normalized spacial score (nSPS) is 13.5. The van der Waals surface area contributed by atoms with Crippen molar-refractivity contribution in [1.82, 2.24) is 24.4 Å². The van der Waals surface area contributed by atoms with Crippen molar-refractivity contribution in [3.8, 4) is 5.75 Å². The highest BCUT2D eigenvalue weighted by atomic mass is 32.2. The molecule has 1 aliphatic rings. The van der Waals surface area contributed by atoms with Crippen LogP contribution in [0.3, 0.4) is 0 Å². The van der Waals surface area contributed by atoms with E-state index in [4.69, 9.17) is 23.6 Å². The molecular weight excluding hydrogens is 675 g/mol. The molecule has 0 saturated carbocycles. The number of hydrogen-bond donors (Lipinski definition) is 2. The zero-order valence-electron chi connectivity index (χ0n) is 29.5. The Balaban J connectivity index is 1.36. The molecule has 4 aromatic rings. The van der Waals surface area contributed by atoms with Crippen LogP contribution in [0.5, 0.6) is 5.75 Å². The maximum atomic E-state index is 13.5. The van der Waals surface area contributed by atoms with Gasteiger partial charge >= 0.3 is 5.97 Å². The number of rotatable bonds is 18. The summed E-state index contributed by atoms with van der Waals surface area (Å²) < 4.78 is 24.0. The van der Waals surface area contributed by atoms with Crippen molar-refractivity contribution in [3.63, 3.8) is 0 Å². The zero-order valence-corrected chi connectivity index (χ0v) is 30.3. The van der Waals surface area contributed by atoms with Crippen LogP contribution in [0, 0.1) is 13.8 Å². The van der Waals surface area contributed by atoms with E-state index < -0.39 is 5.91 Å². The maximum absolute atomic E-state index is 13.5. The summed E-state index contributed by atoms with van der Waals surface area (Å²) in [4.78, 5) is 53.9. The fraction of sp³-hybridized carbons (Fsp3) is 0.444. The average Bonchev–Trinajstić information content (AvgIpc) is 3.70. The van der Waals surface area contributed by atoms with E-state index in [0.29, 0.717) is 78.0 Å². The Morgan fingerprint density at radius 2 is 1.94 bits per heavy atom. The van der Waals surface area contributed by atoms with E-state index in [9.17, 15) is 14.4 Å². The summed E-state index contributed by atoms with van der Waals surface area (Å²) in [6.07, 6.45) is 8.08. The molecule has 0 bridgehead atoms. The number of ether oxygens (including phenoxy) is 3. The van der Waals surface area contributed by atoms with Gasteiger partial charge in [-0.25, -0.2) is 15.0 Å². The molecule has 0 atom stereocenters. The number of fused-ring (bicyclic) bond motifs is 1. The van der Waals surface area contributed by atoms with Crippen LogP contribution in [0.25, 0.3) is 11.0 Å². The number of carbonyl (C=O) groups is 3. The van der Waals surface area contributed by atoms with Gasteiger partial charge in [-0.15, -0.1) is 11.8 Å². The molecular formula is C36H45N7O7S. The molecule has 272 valence electrons. The molecule has 3 aromatic heterocycles. The number of thioether (sulfide) groups is 1. The third kappa shape index (κ3) is 10.2. The highest BCUT2D eigenvalue weighted by molar-refractivity contribution is 7.99. The smallest absolute Gasteiger partial charge is 0.306 e. The van der Waals surface area contributed by atoms with Crippen LogP contribution in [-0.2, 0) is 27.2 Å². The lowest BCUT2D eigenvalue weighted by Gasteiger charge is -2.26. The molecule has 5 rings (SSSR count). The largest absolute Gasteiger partial charge is 0.491 e. The number of allylic oxidation sites excluding steroid dienone is 1. The predicted octanol–water partition coefficient (Wildman–Crippen LogP) is 5.09. The SMILES string of the molecule is CCc1nc(C)oc1C(=O)Nc1nc2cc(C=O)cc(OCCCN3CCOCC3)c2n1C/C=C/CNc1ncc(C)cc1SCCC(=O)OC. The van der Waals surface area contributed by atoms with Gasteiger partial charge in [0, 0.05) is 62.1 Å². The first-order valence-electron chi connectivity index (χ1n) is 17.0. The molecule has 1 fully saturated rings. The number of benzene rings is 1. The molecule has 0 spiro atoms. The highest BCUT2D eigenvalue weighted by Crippen LogP contribution is 2.32. The number of anilines is 2. The van der Waals surface area contributed by atoms with Gasteiger partial charge in [-0.2, -0.15) is 0 Å². The van der Waals surface area contributed by atoms with Crippen molar-refractivity contribution in [2.24, 2.45) is 0 Å². The third-order valence-corrected chi connectivity index (χ3v) is 9.17. The first kappa shape index (κ1) is 37.5. The second-order valence-corrected chi connectivity index (χ2v) is 13.0. The molecule has 1 aliphatic heterocycles. The summed E-state index contributed by atoms with van der Waals surface area (Å²) in [6.45, 7) is 10.9. The van der Waals surface area contributed by atoms with Gasteiger partial charge in [0.15, 0.2) is 5.89 Å². The van der Waals surface area contributed by atoms with E-state index in [1.807, 2.05) is 36.6 Å². The molecule has 14 nitrogen and oxygen atoms in total. The number of oxazole rings is 1. The summed E-state index contributed by atoms with van der Waals surface area (Å²) in [5, 5.41) is 6.27.